The molecule has 1 amide bonds. The van der Waals surface area contributed by atoms with Gasteiger partial charge in [0.15, 0.2) is 0 Å². The summed E-state index contributed by atoms with van der Waals surface area (Å²) in [6.45, 7) is 9.34. The number of nitrogens with zero attached hydrogens (tertiary/aromatic N) is 5. The summed E-state index contributed by atoms with van der Waals surface area (Å²) in [5, 5.41) is 13.0. The highest BCUT2D eigenvalue weighted by Gasteiger charge is 2.21. The summed E-state index contributed by atoms with van der Waals surface area (Å²) in [5.74, 6) is -0.291. The normalized spacial score (nSPS) is 14.3. The van der Waals surface area contributed by atoms with Crippen LogP contribution in [0.4, 0.5) is 11.4 Å². The lowest BCUT2D eigenvalue weighted by Gasteiger charge is -2.34. The van der Waals surface area contributed by atoms with Gasteiger partial charge in [-0.15, -0.1) is 0 Å². The molecule has 0 spiro atoms. The minimum atomic E-state index is -0.707. The van der Waals surface area contributed by atoms with E-state index in [1.165, 1.54) is 4.57 Å². The fourth-order valence-corrected chi connectivity index (χ4v) is 4.81. The molecule has 0 radical (unpaired) electrons. The Morgan fingerprint density at radius 2 is 1.79 bits per heavy atom. The van der Waals surface area contributed by atoms with Gasteiger partial charge in [-0.1, -0.05) is 18.2 Å². The van der Waals surface area contributed by atoms with Crippen LogP contribution in [-0.2, 0) is 5.41 Å². The van der Waals surface area contributed by atoms with E-state index in [0.717, 1.165) is 43.0 Å². The van der Waals surface area contributed by atoms with Gasteiger partial charge in [-0.2, -0.15) is 5.26 Å². The van der Waals surface area contributed by atoms with E-state index in [-0.39, 0.29) is 11.5 Å². The molecule has 1 aliphatic rings. The molecule has 5 rings (SSSR count). The number of anilines is 2. The predicted octanol–water partition coefficient (Wildman–Crippen LogP) is 4.50. The number of amides is 1. The highest BCUT2D eigenvalue weighted by molar-refractivity contribution is 6.04. The summed E-state index contributed by atoms with van der Waals surface area (Å²) in [4.78, 5) is 35.9. The molecule has 39 heavy (non-hydrogen) atoms. The van der Waals surface area contributed by atoms with Crippen LogP contribution in [0.3, 0.4) is 0 Å². The molecule has 3 aromatic carbocycles. The van der Waals surface area contributed by atoms with Crippen molar-refractivity contribution in [3.8, 4) is 11.8 Å². The summed E-state index contributed by atoms with van der Waals surface area (Å²) in [7, 11) is 2.12. The molecular formula is C31H32N6O2. The largest absolute Gasteiger partial charge is 0.369 e. The maximum atomic E-state index is 13.7. The minimum absolute atomic E-state index is 0.158. The number of piperazine rings is 1. The van der Waals surface area contributed by atoms with E-state index >= 15 is 0 Å². The number of benzene rings is 3. The molecule has 1 fully saturated rings. The maximum absolute atomic E-state index is 13.7. The number of rotatable bonds is 5. The third-order valence-corrected chi connectivity index (χ3v) is 7.46. The number of hydrogen-bond acceptors (Lipinski definition) is 6. The molecule has 198 valence electrons. The van der Waals surface area contributed by atoms with Gasteiger partial charge >= 0.3 is 0 Å². The molecule has 1 aliphatic heterocycles. The Bertz CT molecular complexity index is 1660. The second-order valence-electron chi connectivity index (χ2n) is 10.7. The predicted molar refractivity (Wildman–Crippen MR) is 155 cm³/mol. The number of aryl methyl sites for hydroxylation is 1. The van der Waals surface area contributed by atoms with Crippen LogP contribution in [0.5, 0.6) is 0 Å². The fraction of sp³-hybridized carbons (Fsp3) is 0.290. The number of nitrogens with one attached hydrogen (secondary N) is 1. The van der Waals surface area contributed by atoms with Crippen LogP contribution < -0.4 is 15.8 Å². The van der Waals surface area contributed by atoms with E-state index in [2.05, 4.69) is 33.2 Å². The SMILES string of the molecule is Cc1ccc(NC(=O)c2cccc(C(C)(C)C#N)c2)cc1-n1cnc2ccc(N3CCN(C)CC3)cc2c1=O. The number of hydrogen-bond donors (Lipinski definition) is 1. The number of nitriles is 1. The quantitative estimate of drug-likeness (QED) is 0.417. The van der Waals surface area contributed by atoms with Crippen LogP contribution >= 0.6 is 0 Å². The summed E-state index contributed by atoms with van der Waals surface area (Å²) >= 11 is 0. The standard InChI is InChI=1S/C31H32N6O2/c1-21-8-9-24(34-29(38)22-6-5-7-23(16-22)31(2,3)19-32)17-28(21)37-20-33-27-11-10-25(18-26(27)30(37)39)36-14-12-35(4)13-15-36/h5-11,16-18,20H,12-15H2,1-4H3,(H,34,38). The van der Waals surface area contributed by atoms with E-state index in [9.17, 15) is 14.9 Å². The molecule has 8 heteroatoms. The molecule has 4 aromatic rings. The zero-order valence-electron chi connectivity index (χ0n) is 22.7. The first kappa shape index (κ1) is 26.1. The maximum Gasteiger partial charge on any atom is 0.265 e. The van der Waals surface area contributed by atoms with Gasteiger partial charge in [0, 0.05) is 43.1 Å². The molecule has 1 N–H and O–H groups in total. The van der Waals surface area contributed by atoms with Gasteiger partial charge in [-0.25, -0.2) is 4.98 Å². The van der Waals surface area contributed by atoms with Gasteiger partial charge in [0.1, 0.15) is 6.33 Å². The smallest absolute Gasteiger partial charge is 0.265 e. The van der Waals surface area contributed by atoms with Crippen LogP contribution in [0.2, 0.25) is 0 Å². The van der Waals surface area contributed by atoms with Crippen LogP contribution in [-0.4, -0.2) is 53.6 Å². The lowest BCUT2D eigenvalue weighted by Crippen LogP contribution is -2.44. The van der Waals surface area contributed by atoms with Crippen molar-refractivity contribution in [2.45, 2.75) is 26.2 Å². The van der Waals surface area contributed by atoms with Crippen molar-refractivity contribution in [2.24, 2.45) is 0 Å². The molecule has 0 aliphatic carbocycles. The van der Waals surface area contributed by atoms with Gasteiger partial charge < -0.3 is 15.1 Å². The van der Waals surface area contributed by atoms with Crippen molar-refractivity contribution in [1.29, 1.82) is 5.26 Å². The average Bonchev–Trinajstić information content (AvgIpc) is 2.95. The topological polar surface area (TPSA) is 94.3 Å². The second-order valence-corrected chi connectivity index (χ2v) is 10.7. The fourth-order valence-electron chi connectivity index (χ4n) is 4.81. The molecule has 0 atom stereocenters. The van der Waals surface area contributed by atoms with Crippen LogP contribution in [0.25, 0.3) is 16.6 Å². The van der Waals surface area contributed by atoms with E-state index in [1.807, 2.05) is 57.2 Å². The zero-order valence-corrected chi connectivity index (χ0v) is 22.7. The summed E-state index contributed by atoms with van der Waals surface area (Å²) in [5.41, 5.74) is 4.12. The number of fused-ring (bicyclic) bond motifs is 1. The van der Waals surface area contributed by atoms with Crippen molar-refractivity contribution in [3.05, 3.63) is 94.0 Å². The van der Waals surface area contributed by atoms with Crippen molar-refractivity contribution >= 4 is 28.2 Å². The van der Waals surface area contributed by atoms with Gasteiger partial charge in [0.25, 0.3) is 11.5 Å². The monoisotopic (exact) mass is 520 g/mol. The summed E-state index contributed by atoms with van der Waals surface area (Å²) in [6, 6.07) is 20.7. The van der Waals surface area contributed by atoms with Gasteiger partial charge in [0.05, 0.1) is 28.1 Å². The first-order valence-electron chi connectivity index (χ1n) is 13.1. The Morgan fingerprint density at radius 1 is 1.03 bits per heavy atom. The molecule has 8 nitrogen and oxygen atoms in total. The molecule has 1 aromatic heterocycles. The summed E-state index contributed by atoms with van der Waals surface area (Å²) < 4.78 is 1.54. The van der Waals surface area contributed by atoms with Crippen molar-refractivity contribution in [2.75, 3.05) is 43.4 Å². The molecule has 2 heterocycles. The average molecular weight is 521 g/mol. The minimum Gasteiger partial charge on any atom is -0.369 e. The van der Waals surface area contributed by atoms with E-state index in [0.29, 0.717) is 27.8 Å². The number of carbonyl (C=O) groups excluding carboxylic acids is 1. The van der Waals surface area contributed by atoms with E-state index < -0.39 is 5.41 Å². The number of aromatic nitrogens is 2. The van der Waals surface area contributed by atoms with E-state index in [1.54, 1.807) is 30.6 Å². The van der Waals surface area contributed by atoms with Gasteiger partial charge in [-0.05, 0) is 81.4 Å². The van der Waals surface area contributed by atoms with Crippen molar-refractivity contribution in [1.82, 2.24) is 14.5 Å². The van der Waals surface area contributed by atoms with Crippen LogP contribution in [0.15, 0.2) is 71.8 Å². The molecule has 0 bridgehead atoms. The molecule has 0 saturated carbocycles. The molecular weight excluding hydrogens is 488 g/mol. The Kier molecular flexibility index (Phi) is 6.94. The molecule has 0 unspecified atom stereocenters. The lowest BCUT2D eigenvalue weighted by atomic mass is 9.85. The number of likely N-dealkylation sites (N-methyl/N-ethyl adjacent to an activating group) is 1. The third kappa shape index (κ3) is 5.27. The Morgan fingerprint density at radius 3 is 2.54 bits per heavy atom. The first-order valence-corrected chi connectivity index (χ1v) is 13.1. The van der Waals surface area contributed by atoms with Gasteiger partial charge in [0.2, 0.25) is 0 Å². The molecule has 1 saturated heterocycles. The highest BCUT2D eigenvalue weighted by Crippen LogP contribution is 2.25. The number of carbonyl (C=O) groups is 1. The Balaban J connectivity index is 1.46. The summed E-state index contributed by atoms with van der Waals surface area (Å²) in [6.07, 6.45) is 1.54. The van der Waals surface area contributed by atoms with Crippen LogP contribution in [0, 0.1) is 18.3 Å². The van der Waals surface area contributed by atoms with Crippen molar-refractivity contribution in [3.63, 3.8) is 0 Å². The van der Waals surface area contributed by atoms with E-state index in [4.69, 9.17) is 0 Å². The van der Waals surface area contributed by atoms with Crippen LogP contribution in [0.1, 0.15) is 35.3 Å². The first-order chi connectivity index (χ1) is 18.7. The lowest BCUT2D eigenvalue weighted by molar-refractivity contribution is 0.102. The third-order valence-electron chi connectivity index (χ3n) is 7.46. The van der Waals surface area contributed by atoms with Gasteiger partial charge in [-0.3, -0.25) is 14.2 Å². The van der Waals surface area contributed by atoms with Crippen molar-refractivity contribution < 1.29 is 4.79 Å². The zero-order chi connectivity index (χ0) is 27.7. The highest BCUT2D eigenvalue weighted by atomic mass is 16.1. The Labute approximate surface area is 228 Å². The Hall–Kier alpha value is -4.48. The second kappa shape index (κ2) is 10.4.